The summed E-state index contributed by atoms with van der Waals surface area (Å²) in [5, 5.41) is 2.89. The third-order valence-corrected chi connectivity index (χ3v) is 7.31. The Kier molecular flexibility index (Phi) is 5.45. The van der Waals surface area contributed by atoms with Gasteiger partial charge < -0.3 is 5.32 Å². The van der Waals surface area contributed by atoms with Gasteiger partial charge in [0.2, 0.25) is 10.0 Å². The third kappa shape index (κ3) is 4.01. The van der Waals surface area contributed by atoms with Gasteiger partial charge in [0.1, 0.15) is 0 Å². The molecule has 4 rings (SSSR count). The highest BCUT2D eigenvalue weighted by molar-refractivity contribution is 7.89. The monoisotopic (exact) mass is 420 g/mol. The minimum Gasteiger partial charge on any atom is -0.322 e. The fourth-order valence-corrected chi connectivity index (χ4v) is 5.15. The minimum absolute atomic E-state index is 0.135. The van der Waals surface area contributed by atoms with Crippen LogP contribution in [0.1, 0.15) is 32.6 Å². The zero-order valence-electron chi connectivity index (χ0n) is 17.1. The van der Waals surface area contributed by atoms with Crippen LogP contribution in [0.4, 0.5) is 5.69 Å². The number of sulfonamides is 1. The molecule has 3 aromatic carbocycles. The maximum atomic E-state index is 13.2. The average molecular weight is 421 g/mol. The Hall–Kier alpha value is -2.96. The SMILES string of the molecule is Cc1ccc(C)c(NC(=O)c2cccc(S(=O)(=O)N3CCc4ccccc4C3)c2)c1. The summed E-state index contributed by atoms with van der Waals surface area (Å²) in [6.45, 7) is 4.65. The van der Waals surface area contributed by atoms with Crippen molar-refractivity contribution in [2.45, 2.75) is 31.7 Å². The smallest absolute Gasteiger partial charge is 0.255 e. The van der Waals surface area contributed by atoms with Gasteiger partial charge in [-0.15, -0.1) is 0 Å². The molecule has 0 bridgehead atoms. The number of amides is 1. The molecule has 0 spiro atoms. The topological polar surface area (TPSA) is 66.5 Å². The van der Waals surface area contributed by atoms with Crippen LogP contribution in [0.2, 0.25) is 0 Å². The van der Waals surface area contributed by atoms with Crippen LogP contribution < -0.4 is 5.32 Å². The summed E-state index contributed by atoms with van der Waals surface area (Å²) in [6.07, 6.45) is 0.683. The molecule has 0 fully saturated rings. The van der Waals surface area contributed by atoms with Gasteiger partial charge in [-0.2, -0.15) is 4.31 Å². The van der Waals surface area contributed by atoms with Crippen LogP contribution in [0.3, 0.4) is 0 Å². The second kappa shape index (κ2) is 8.05. The first-order valence-corrected chi connectivity index (χ1v) is 11.3. The molecule has 3 aromatic rings. The van der Waals surface area contributed by atoms with Crippen molar-refractivity contribution in [3.63, 3.8) is 0 Å². The molecule has 5 nitrogen and oxygen atoms in total. The number of carbonyl (C=O) groups excluding carboxylic acids is 1. The highest BCUT2D eigenvalue weighted by Crippen LogP contribution is 2.26. The maximum Gasteiger partial charge on any atom is 0.255 e. The first-order valence-electron chi connectivity index (χ1n) is 9.90. The first kappa shape index (κ1) is 20.3. The number of carbonyl (C=O) groups is 1. The van der Waals surface area contributed by atoms with Crippen molar-refractivity contribution < 1.29 is 13.2 Å². The van der Waals surface area contributed by atoms with E-state index in [0.29, 0.717) is 25.1 Å². The molecular formula is C24H24N2O3S. The average Bonchev–Trinajstić information content (AvgIpc) is 2.76. The largest absolute Gasteiger partial charge is 0.322 e. The Labute approximate surface area is 177 Å². The van der Waals surface area contributed by atoms with Crippen molar-refractivity contribution >= 4 is 21.6 Å². The van der Waals surface area contributed by atoms with Crippen LogP contribution >= 0.6 is 0 Å². The summed E-state index contributed by atoms with van der Waals surface area (Å²) >= 11 is 0. The zero-order chi connectivity index (χ0) is 21.3. The van der Waals surface area contributed by atoms with E-state index in [-0.39, 0.29) is 10.8 Å². The number of hydrogen-bond acceptors (Lipinski definition) is 3. The lowest BCUT2D eigenvalue weighted by Gasteiger charge is -2.28. The molecule has 30 heavy (non-hydrogen) atoms. The number of nitrogens with zero attached hydrogens (tertiary/aromatic N) is 1. The van der Waals surface area contributed by atoms with E-state index in [1.165, 1.54) is 15.9 Å². The minimum atomic E-state index is -3.70. The summed E-state index contributed by atoms with van der Waals surface area (Å²) < 4.78 is 27.9. The summed E-state index contributed by atoms with van der Waals surface area (Å²) in [5.41, 5.74) is 5.24. The molecule has 0 radical (unpaired) electrons. The van der Waals surface area contributed by atoms with E-state index in [9.17, 15) is 13.2 Å². The van der Waals surface area contributed by atoms with E-state index in [4.69, 9.17) is 0 Å². The molecule has 154 valence electrons. The molecule has 0 saturated heterocycles. The van der Waals surface area contributed by atoms with Crippen molar-refractivity contribution in [3.8, 4) is 0 Å². The predicted octanol–water partition coefficient (Wildman–Crippen LogP) is 4.30. The van der Waals surface area contributed by atoms with Crippen LogP contribution in [-0.4, -0.2) is 25.2 Å². The van der Waals surface area contributed by atoms with Crippen molar-refractivity contribution in [3.05, 3.63) is 94.5 Å². The van der Waals surface area contributed by atoms with Crippen LogP contribution in [0.5, 0.6) is 0 Å². The van der Waals surface area contributed by atoms with E-state index in [2.05, 4.69) is 5.32 Å². The fourth-order valence-electron chi connectivity index (χ4n) is 3.69. The molecular weight excluding hydrogens is 396 g/mol. The van der Waals surface area contributed by atoms with E-state index >= 15 is 0 Å². The number of aryl methyl sites for hydroxylation is 2. The molecule has 0 saturated carbocycles. The first-order chi connectivity index (χ1) is 14.3. The fraction of sp³-hybridized carbons (Fsp3) is 0.208. The standard InChI is InChI=1S/C24H24N2O3S/c1-17-10-11-18(2)23(14-17)25-24(27)20-8-5-9-22(15-20)30(28,29)26-13-12-19-6-3-4-7-21(19)16-26/h3-11,14-15H,12-13,16H2,1-2H3,(H,25,27). The second-order valence-electron chi connectivity index (χ2n) is 7.66. The predicted molar refractivity (Wildman–Crippen MR) is 118 cm³/mol. The molecule has 6 heteroatoms. The van der Waals surface area contributed by atoms with Gasteiger partial charge in [0.15, 0.2) is 0 Å². The van der Waals surface area contributed by atoms with Crippen LogP contribution in [0.25, 0.3) is 0 Å². The molecule has 1 aliphatic rings. The normalized spacial score (nSPS) is 14.2. The van der Waals surface area contributed by atoms with E-state index < -0.39 is 10.0 Å². The number of rotatable bonds is 4. The number of benzene rings is 3. The lowest BCUT2D eigenvalue weighted by molar-refractivity contribution is 0.102. The summed E-state index contributed by atoms with van der Waals surface area (Å²) in [4.78, 5) is 12.9. The van der Waals surface area contributed by atoms with Crippen molar-refractivity contribution in [2.24, 2.45) is 0 Å². The molecule has 0 aromatic heterocycles. The zero-order valence-corrected chi connectivity index (χ0v) is 17.9. The molecule has 1 N–H and O–H groups in total. The molecule has 0 aliphatic carbocycles. The van der Waals surface area contributed by atoms with Gasteiger partial charge in [0, 0.05) is 24.3 Å². The Morgan fingerprint density at radius 2 is 1.70 bits per heavy atom. The molecule has 0 atom stereocenters. The van der Waals surface area contributed by atoms with Gasteiger partial charge in [-0.25, -0.2) is 8.42 Å². The highest BCUT2D eigenvalue weighted by atomic mass is 32.2. The molecule has 1 aliphatic heterocycles. The van der Waals surface area contributed by atoms with Crippen molar-refractivity contribution in [1.29, 1.82) is 0 Å². The summed E-state index contributed by atoms with van der Waals surface area (Å²) in [6, 6.07) is 20.0. The number of fused-ring (bicyclic) bond motifs is 1. The Morgan fingerprint density at radius 1 is 0.933 bits per heavy atom. The van der Waals surface area contributed by atoms with Gasteiger partial charge in [-0.05, 0) is 66.8 Å². The summed E-state index contributed by atoms with van der Waals surface area (Å²) in [7, 11) is -3.70. The maximum absolute atomic E-state index is 13.2. The molecule has 1 heterocycles. The summed E-state index contributed by atoms with van der Waals surface area (Å²) in [5.74, 6) is -0.329. The van der Waals surface area contributed by atoms with Crippen LogP contribution in [0, 0.1) is 13.8 Å². The Bertz CT molecular complexity index is 1220. The Balaban J connectivity index is 1.58. The number of nitrogens with one attached hydrogen (secondary N) is 1. The van der Waals surface area contributed by atoms with Crippen LogP contribution in [0.15, 0.2) is 71.6 Å². The van der Waals surface area contributed by atoms with Gasteiger partial charge >= 0.3 is 0 Å². The number of hydrogen-bond donors (Lipinski definition) is 1. The molecule has 1 amide bonds. The third-order valence-electron chi connectivity index (χ3n) is 5.47. The second-order valence-corrected chi connectivity index (χ2v) is 9.60. The lowest BCUT2D eigenvalue weighted by atomic mass is 10.0. The quantitative estimate of drug-likeness (QED) is 0.684. The lowest BCUT2D eigenvalue weighted by Crippen LogP contribution is -2.36. The molecule has 0 unspecified atom stereocenters. The van der Waals surface area contributed by atoms with Gasteiger partial charge in [0.25, 0.3) is 5.91 Å². The van der Waals surface area contributed by atoms with E-state index in [0.717, 1.165) is 22.4 Å². The Morgan fingerprint density at radius 3 is 2.50 bits per heavy atom. The van der Waals surface area contributed by atoms with Gasteiger partial charge in [0.05, 0.1) is 4.90 Å². The van der Waals surface area contributed by atoms with Crippen molar-refractivity contribution in [1.82, 2.24) is 4.31 Å². The van der Waals surface area contributed by atoms with Gasteiger partial charge in [-0.3, -0.25) is 4.79 Å². The van der Waals surface area contributed by atoms with E-state index in [1.54, 1.807) is 18.2 Å². The van der Waals surface area contributed by atoms with Gasteiger partial charge in [-0.1, -0.05) is 42.5 Å². The number of anilines is 1. The highest BCUT2D eigenvalue weighted by Gasteiger charge is 2.28. The van der Waals surface area contributed by atoms with E-state index in [1.807, 2.05) is 56.3 Å². The van der Waals surface area contributed by atoms with Crippen molar-refractivity contribution in [2.75, 3.05) is 11.9 Å². The van der Waals surface area contributed by atoms with Crippen LogP contribution in [-0.2, 0) is 23.0 Å².